The normalized spacial score (nSPS) is 17.1. The second-order valence-electron chi connectivity index (χ2n) is 5.40. The van der Waals surface area contributed by atoms with Gasteiger partial charge in [0.1, 0.15) is 0 Å². The minimum atomic E-state index is -3.16. The zero-order valence-electron chi connectivity index (χ0n) is 11.7. The lowest BCUT2D eigenvalue weighted by atomic mass is 10.1. The molecule has 4 nitrogen and oxygen atoms in total. The van der Waals surface area contributed by atoms with Crippen molar-refractivity contribution in [3.8, 4) is 0 Å². The number of hydrogen-bond donors (Lipinski definition) is 2. The van der Waals surface area contributed by atoms with Gasteiger partial charge in [0, 0.05) is 22.9 Å². The molecule has 1 atom stereocenters. The van der Waals surface area contributed by atoms with Crippen molar-refractivity contribution < 1.29 is 8.42 Å². The molecule has 0 radical (unpaired) electrons. The molecule has 0 bridgehead atoms. The molecule has 1 fully saturated rings. The molecule has 6 heteroatoms. The molecule has 20 heavy (non-hydrogen) atoms. The zero-order valence-corrected chi connectivity index (χ0v) is 13.3. The van der Waals surface area contributed by atoms with Gasteiger partial charge in [-0.15, -0.1) is 11.8 Å². The molecule has 1 saturated carbocycles. The molecular formula is C14H22N2O2S2. The minimum absolute atomic E-state index is 0.152. The van der Waals surface area contributed by atoms with Gasteiger partial charge in [-0.3, -0.25) is 0 Å². The largest absolute Gasteiger partial charge is 0.399 e. The van der Waals surface area contributed by atoms with E-state index in [-0.39, 0.29) is 5.75 Å². The summed E-state index contributed by atoms with van der Waals surface area (Å²) in [6, 6.07) is 7.48. The van der Waals surface area contributed by atoms with E-state index in [2.05, 4.69) is 11.6 Å². The summed E-state index contributed by atoms with van der Waals surface area (Å²) < 4.78 is 26.5. The van der Waals surface area contributed by atoms with Crippen LogP contribution in [0.15, 0.2) is 29.2 Å². The van der Waals surface area contributed by atoms with Gasteiger partial charge in [-0.05, 0) is 48.9 Å². The smallest absolute Gasteiger partial charge is 0.212 e. The first-order valence-corrected chi connectivity index (χ1v) is 9.56. The third-order valence-electron chi connectivity index (χ3n) is 3.55. The topological polar surface area (TPSA) is 72.2 Å². The number of thioether (sulfide) groups is 1. The molecule has 2 rings (SSSR count). The van der Waals surface area contributed by atoms with Crippen molar-refractivity contribution >= 4 is 27.5 Å². The summed E-state index contributed by atoms with van der Waals surface area (Å²) in [7, 11) is -3.16. The molecule has 0 heterocycles. The van der Waals surface area contributed by atoms with E-state index in [0.29, 0.717) is 18.2 Å². The van der Waals surface area contributed by atoms with E-state index in [1.54, 1.807) is 0 Å². The first kappa shape index (κ1) is 15.7. The summed E-state index contributed by atoms with van der Waals surface area (Å²) in [5, 5.41) is 0. The van der Waals surface area contributed by atoms with Crippen molar-refractivity contribution in [3.63, 3.8) is 0 Å². The van der Waals surface area contributed by atoms with Gasteiger partial charge in [0.05, 0.1) is 5.75 Å². The Bertz CT molecular complexity index is 525. The van der Waals surface area contributed by atoms with Crippen molar-refractivity contribution in [2.24, 2.45) is 11.8 Å². The van der Waals surface area contributed by atoms with E-state index in [1.807, 2.05) is 24.3 Å². The maximum atomic E-state index is 11.9. The number of benzene rings is 1. The van der Waals surface area contributed by atoms with Gasteiger partial charge in [-0.25, -0.2) is 13.1 Å². The molecule has 1 unspecified atom stereocenters. The van der Waals surface area contributed by atoms with Crippen LogP contribution in [0.25, 0.3) is 0 Å². The van der Waals surface area contributed by atoms with Crippen LogP contribution in [0.5, 0.6) is 0 Å². The number of nitrogen functional groups attached to an aromatic ring is 1. The molecule has 1 aliphatic rings. The average Bonchev–Trinajstić information content (AvgIpc) is 3.23. The Kier molecular flexibility index (Phi) is 5.35. The van der Waals surface area contributed by atoms with Gasteiger partial charge in [0.15, 0.2) is 0 Å². The summed E-state index contributed by atoms with van der Waals surface area (Å²) in [5.41, 5.74) is 6.33. The first-order valence-electron chi connectivity index (χ1n) is 6.92. The zero-order chi connectivity index (χ0) is 14.6. The van der Waals surface area contributed by atoms with E-state index >= 15 is 0 Å². The molecule has 0 spiro atoms. The fourth-order valence-electron chi connectivity index (χ4n) is 2.00. The highest BCUT2D eigenvalue weighted by atomic mass is 32.2. The molecule has 1 aromatic carbocycles. The Balaban J connectivity index is 1.70. The number of sulfonamides is 1. The van der Waals surface area contributed by atoms with Gasteiger partial charge < -0.3 is 5.73 Å². The lowest BCUT2D eigenvalue weighted by molar-refractivity contribution is 0.492. The molecular weight excluding hydrogens is 292 g/mol. The number of anilines is 1. The molecule has 1 aromatic rings. The Labute approximate surface area is 125 Å². The lowest BCUT2D eigenvalue weighted by Crippen LogP contribution is -2.31. The van der Waals surface area contributed by atoms with Crippen molar-refractivity contribution in [2.75, 3.05) is 23.8 Å². The Morgan fingerprint density at radius 3 is 2.60 bits per heavy atom. The maximum Gasteiger partial charge on any atom is 0.212 e. The van der Waals surface area contributed by atoms with Crippen molar-refractivity contribution in [1.29, 1.82) is 0 Å². The number of nitrogens with one attached hydrogen (secondary N) is 1. The fraction of sp³-hybridized carbons (Fsp3) is 0.571. The lowest BCUT2D eigenvalue weighted by Gasteiger charge is -2.11. The quantitative estimate of drug-likeness (QED) is 0.570. The highest BCUT2D eigenvalue weighted by Crippen LogP contribution is 2.36. The van der Waals surface area contributed by atoms with Crippen LogP contribution in [-0.4, -0.2) is 26.5 Å². The predicted octanol–water partition coefficient (Wildman–Crippen LogP) is 2.33. The third kappa shape index (κ3) is 5.34. The van der Waals surface area contributed by atoms with Crippen LogP contribution in [0.4, 0.5) is 5.69 Å². The Hall–Kier alpha value is -0.720. The standard InChI is InChI=1S/C14H22N2O2S2/c1-11(12-2-3-12)10-16-20(17,18)9-8-19-14-6-4-13(15)5-7-14/h4-7,11-12,16H,2-3,8-10,15H2,1H3. The van der Waals surface area contributed by atoms with Gasteiger partial charge in [-0.1, -0.05) is 6.92 Å². The molecule has 0 amide bonds. The minimum Gasteiger partial charge on any atom is -0.399 e. The maximum absolute atomic E-state index is 11.9. The van der Waals surface area contributed by atoms with E-state index in [1.165, 1.54) is 24.6 Å². The summed E-state index contributed by atoms with van der Waals surface area (Å²) in [5.74, 6) is 1.88. The van der Waals surface area contributed by atoms with E-state index < -0.39 is 10.0 Å². The summed E-state index contributed by atoms with van der Waals surface area (Å²) in [6.45, 7) is 2.68. The van der Waals surface area contributed by atoms with Gasteiger partial charge in [-0.2, -0.15) is 0 Å². The fourth-order valence-corrected chi connectivity index (χ4v) is 4.43. The van der Waals surface area contributed by atoms with Crippen LogP contribution < -0.4 is 10.5 Å². The van der Waals surface area contributed by atoms with Crippen molar-refractivity contribution in [1.82, 2.24) is 4.72 Å². The summed E-state index contributed by atoms with van der Waals surface area (Å²) >= 11 is 1.53. The molecule has 112 valence electrons. The molecule has 0 aliphatic heterocycles. The second-order valence-corrected chi connectivity index (χ2v) is 8.49. The van der Waals surface area contributed by atoms with Gasteiger partial charge in [0.2, 0.25) is 10.0 Å². The monoisotopic (exact) mass is 314 g/mol. The van der Waals surface area contributed by atoms with Crippen LogP contribution in [0.1, 0.15) is 19.8 Å². The predicted molar refractivity (Wildman–Crippen MR) is 85.3 cm³/mol. The van der Waals surface area contributed by atoms with Crippen LogP contribution >= 0.6 is 11.8 Å². The van der Waals surface area contributed by atoms with Crippen molar-refractivity contribution in [2.45, 2.75) is 24.7 Å². The van der Waals surface area contributed by atoms with E-state index in [9.17, 15) is 8.42 Å². The molecule has 3 N–H and O–H groups in total. The Morgan fingerprint density at radius 2 is 2.00 bits per heavy atom. The Morgan fingerprint density at radius 1 is 1.35 bits per heavy atom. The summed E-state index contributed by atoms with van der Waals surface area (Å²) in [4.78, 5) is 1.04. The number of rotatable bonds is 8. The van der Waals surface area contributed by atoms with Crippen LogP contribution in [0, 0.1) is 11.8 Å². The number of nitrogens with two attached hydrogens (primary N) is 1. The molecule has 0 saturated heterocycles. The highest BCUT2D eigenvalue weighted by Gasteiger charge is 2.28. The third-order valence-corrected chi connectivity index (χ3v) is 6.17. The molecule has 0 aromatic heterocycles. The van der Waals surface area contributed by atoms with Crippen molar-refractivity contribution in [3.05, 3.63) is 24.3 Å². The van der Waals surface area contributed by atoms with Gasteiger partial charge >= 0.3 is 0 Å². The number of hydrogen-bond acceptors (Lipinski definition) is 4. The summed E-state index contributed by atoms with van der Waals surface area (Å²) in [6.07, 6.45) is 2.49. The van der Waals surface area contributed by atoms with Crippen LogP contribution in [-0.2, 0) is 10.0 Å². The average molecular weight is 314 g/mol. The van der Waals surface area contributed by atoms with Gasteiger partial charge in [0.25, 0.3) is 0 Å². The van der Waals surface area contributed by atoms with Crippen LogP contribution in [0.3, 0.4) is 0 Å². The first-order chi connectivity index (χ1) is 9.46. The molecule has 1 aliphatic carbocycles. The second kappa shape index (κ2) is 6.83. The van der Waals surface area contributed by atoms with E-state index in [0.717, 1.165) is 16.5 Å². The van der Waals surface area contributed by atoms with Crippen LogP contribution in [0.2, 0.25) is 0 Å². The van der Waals surface area contributed by atoms with E-state index in [4.69, 9.17) is 5.73 Å². The SMILES string of the molecule is CC(CNS(=O)(=O)CCSc1ccc(N)cc1)C1CC1. The highest BCUT2D eigenvalue weighted by molar-refractivity contribution is 8.00.